The second-order valence-corrected chi connectivity index (χ2v) is 7.85. The first-order valence-corrected chi connectivity index (χ1v) is 10.6. The molecule has 8 heteroatoms. The number of alkyl carbamates (subject to hydrolysis) is 1. The van der Waals surface area contributed by atoms with E-state index in [0.717, 1.165) is 17.5 Å². The maximum atomic E-state index is 11.5. The van der Waals surface area contributed by atoms with E-state index in [2.05, 4.69) is 10.6 Å². The molecule has 1 fully saturated rings. The molecule has 0 bridgehead atoms. The number of hydrogen-bond acceptors (Lipinski definition) is 7. The Morgan fingerprint density at radius 2 is 1.88 bits per heavy atom. The lowest BCUT2D eigenvalue weighted by molar-refractivity contribution is -0.123. The average molecular weight is 438 g/mol. The number of ether oxygens (including phenoxy) is 3. The number of allylic oxidation sites excluding steroid dienone is 1. The summed E-state index contributed by atoms with van der Waals surface area (Å²) in [5.41, 5.74) is 0.784. The molecule has 0 radical (unpaired) electrons. The van der Waals surface area contributed by atoms with Crippen molar-refractivity contribution in [3.05, 3.63) is 77.7 Å². The number of carbonyl (C=O) groups excluding carboxylic acids is 2. The summed E-state index contributed by atoms with van der Waals surface area (Å²) in [5.74, 6) is 0.932. The van der Waals surface area contributed by atoms with Gasteiger partial charge in [-0.1, -0.05) is 42.5 Å². The summed E-state index contributed by atoms with van der Waals surface area (Å²) in [6, 6.07) is 17.0. The molecule has 0 aliphatic carbocycles. The number of aryl methyl sites for hydroxylation is 1. The van der Waals surface area contributed by atoms with Gasteiger partial charge in [0, 0.05) is 11.8 Å². The minimum atomic E-state index is -1.10. The molecule has 2 aliphatic heterocycles. The third-order valence-corrected chi connectivity index (χ3v) is 5.51. The maximum absolute atomic E-state index is 11.5. The molecule has 0 saturated carbocycles. The van der Waals surface area contributed by atoms with Crippen LogP contribution in [0.3, 0.4) is 0 Å². The highest BCUT2D eigenvalue weighted by Gasteiger charge is 2.45. The number of rotatable bonds is 9. The molecular formula is C24H26N2O6. The van der Waals surface area contributed by atoms with Crippen LogP contribution >= 0.6 is 0 Å². The second-order valence-electron chi connectivity index (χ2n) is 7.85. The summed E-state index contributed by atoms with van der Waals surface area (Å²) in [6.07, 6.45) is 1.32. The lowest BCUT2D eigenvalue weighted by atomic mass is 9.97. The standard InChI is InChI=1S/C24H26N2O6/c1-16-14-25-24(32-16,18-7-3-2-4-8-18)21(27)15-30-19-12-10-17(11-13-19)6-5-9-20-22(28)26-23(29)31-20/h2-4,7-8,10-14,20-21,25,27H,5-6,9,15H2,1H3,(H,26,28,29). The van der Waals surface area contributed by atoms with E-state index in [0.29, 0.717) is 24.4 Å². The van der Waals surface area contributed by atoms with Crippen LogP contribution in [0.25, 0.3) is 0 Å². The van der Waals surface area contributed by atoms with Gasteiger partial charge in [0.05, 0.1) is 0 Å². The van der Waals surface area contributed by atoms with E-state index in [-0.39, 0.29) is 12.5 Å². The zero-order valence-electron chi connectivity index (χ0n) is 17.7. The molecule has 2 amide bonds. The number of nitrogens with one attached hydrogen (secondary N) is 2. The minimum absolute atomic E-state index is 0.0323. The quantitative estimate of drug-likeness (QED) is 0.553. The fourth-order valence-corrected chi connectivity index (χ4v) is 3.83. The van der Waals surface area contributed by atoms with Crippen molar-refractivity contribution < 1.29 is 28.9 Å². The van der Waals surface area contributed by atoms with Gasteiger partial charge in [0.25, 0.3) is 5.91 Å². The van der Waals surface area contributed by atoms with Crippen LogP contribution in [0.15, 0.2) is 66.6 Å². The molecule has 2 aliphatic rings. The Hall–Kier alpha value is -3.52. The van der Waals surface area contributed by atoms with Crippen molar-refractivity contribution in [2.75, 3.05) is 6.61 Å². The Balaban J connectivity index is 1.30. The number of benzene rings is 2. The van der Waals surface area contributed by atoms with E-state index < -0.39 is 24.0 Å². The molecule has 168 valence electrons. The molecule has 2 heterocycles. The van der Waals surface area contributed by atoms with Crippen LogP contribution in [0.5, 0.6) is 5.75 Å². The first-order chi connectivity index (χ1) is 15.5. The molecule has 32 heavy (non-hydrogen) atoms. The number of cyclic esters (lactones) is 1. The first-order valence-electron chi connectivity index (χ1n) is 10.6. The number of amides is 2. The van der Waals surface area contributed by atoms with E-state index >= 15 is 0 Å². The Kier molecular flexibility index (Phi) is 6.32. The van der Waals surface area contributed by atoms with Gasteiger partial charge in [-0.15, -0.1) is 0 Å². The fourth-order valence-electron chi connectivity index (χ4n) is 3.83. The molecule has 0 aromatic heterocycles. The molecule has 1 saturated heterocycles. The van der Waals surface area contributed by atoms with Crippen LogP contribution in [-0.2, 0) is 26.4 Å². The Labute approximate surface area is 186 Å². The van der Waals surface area contributed by atoms with Gasteiger partial charge in [-0.05, 0) is 43.9 Å². The predicted molar refractivity (Wildman–Crippen MR) is 115 cm³/mol. The van der Waals surface area contributed by atoms with Gasteiger partial charge in [0.15, 0.2) is 12.2 Å². The number of hydrogen-bond donors (Lipinski definition) is 3. The topological polar surface area (TPSA) is 106 Å². The highest BCUT2D eigenvalue weighted by Crippen LogP contribution is 2.33. The normalized spacial score (nSPS) is 22.9. The van der Waals surface area contributed by atoms with Crippen LogP contribution in [0.1, 0.15) is 30.9 Å². The Morgan fingerprint density at radius 1 is 1.12 bits per heavy atom. The zero-order chi connectivity index (χ0) is 22.6. The van der Waals surface area contributed by atoms with Crippen LogP contribution in [-0.4, -0.2) is 35.9 Å². The Morgan fingerprint density at radius 3 is 2.50 bits per heavy atom. The highest BCUT2D eigenvalue weighted by molar-refractivity contribution is 5.99. The highest BCUT2D eigenvalue weighted by atomic mass is 16.6. The van der Waals surface area contributed by atoms with Crippen LogP contribution < -0.4 is 15.4 Å². The molecule has 3 atom stereocenters. The van der Waals surface area contributed by atoms with Gasteiger partial charge in [-0.3, -0.25) is 10.1 Å². The summed E-state index contributed by atoms with van der Waals surface area (Å²) in [5, 5.41) is 16.2. The lowest BCUT2D eigenvalue weighted by Crippen LogP contribution is -2.51. The summed E-state index contributed by atoms with van der Waals surface area (Å²) in [4.78, 5) is 22.6. The van der Waals surface area contributed by atoms with Gasteiger partial charge in [0.1, 0.15) is 18.1 Å². The van der Waals surface area contributed by atoms with E-state index in [1.807, 2.05) is 61.5 Å². The summed E-state index contributed by atoms with van der Waals surface area (Å²) in [6.45, 7) is 1.86. The van der Waals surface area contributed by atoms with Gasteiger partial charge < -0.3 is 24.6 Å². The van der Waals surface area contributed by atoms with Crippen molar-refractivity contribution in [2.24, 2.45) is 0 Å². The summed E-state index contributed by atoms with van der Waals surface area (Å²) >= 11 is 0. The lowest BCUT2D eigenvalue weighted by Gasteiger charge is -2.34. The summed E-state index contributed by atoms with van der Waals surface area (Å²) in [7, 11) is 0. The maximum Gasteiger partial charge on any atom is 0.414 e. The molecule has 3 N–H and O–H groups in total. The minimum Gasteiger partial charge on any atom is -0.491 e. The van der Waals surface area contributed by atoms with Gasteiger partial charge in [0.2, 0.25) is 5.72 Å². The summed E-state index contributed by atoms with van der Waals surface area (Å²) < 4.78 is 16.7. The van der Waals surface area contributed by atoms with Crippen LogP contribution in [0.4, 0.5) is 4.79 Å². The van der Waals surface area contributed by atoms with E-state index in [1.54, 1.807) is 6.20 Å². The molecule has 8 nitrogen and oxygen atoms in total. The predicted octanol–water partition coefficient (Wildman–Crippen LogP) is 2.72. The third kappa shape index (κ3) is 4.70. The SMILES string of the molecule is CC1=CNC(c2ccccc2)(C(O)COc2ccc(CCCC3OC(=O)NC3=O)cc2)O1. The van der Waals surface area contributed by atoms with Gasteiger partial charge in [-0.2, -0.15) is 0 Å². The van der Waals surface area contributed by atoms with Crippen LogP contribution in [0.2, 0.25) is 0 Å². The van der Waals surface area contributed by atoms with Gasteiger partial charge in [-0.25, -0.2) is 4.79 Å². The molecule has 0 spiro atoms. The van der Waals surface area contributed by atoms with E-state index in [9.17, 15) is 14.7 Å². The number of imide groups is 1. The molecule has 2 aromatic carbocycles. The van der Waals surface area contributed by atoms with Crippen molar-refractivity contribution in [1.82, 2.24) is 10.6 Å². The molecule has 3 unspecified atom stereocenters. The van der Waals surface area contributed by atoms with E-state index in [1.165, 1.54) is 0 Å². The largest absolute Gasteiger partial charge is 0.491 e. The first kappa shape index (κ1) is 21.7. The van der Waals surface area contributed by atoms with Crippen molar-refractivity contribution in [2.45, 2.75) is 44.1 Å². The number of aliphatic hydroxyl groups is 1. The van der Waals surface area contributed by atoms with Crippen molar-refractivity contribution in [1.29, 1.82) is 0 Å². The van der Waals surface area contributed by atoms with Crippen LogP contribution in [0, 0.1) is 0 Å². The monoisotopic (exact) mass is 438 g/mol. The molecular weight excluding hydrogens is 412 g/mol. The average Bonchev–Trinajstić information content (AvgIpc) is 3.35. The molecule has 2 aromatic rings. The smallest absolute Gasteiger partial charge is 0.414 e. The van der Waals surface area contributed by atoms with Gasteiger partial charge >= 0.3 is 6.09 Å². The fraction of sp³-hybridized carbons (Fsp3) is 0.333. The number of carbonyl (C=O) groups is 2. The Bertz CT molecular complexity index is 991. The van der Waals surface area contributed by atoms with E-state index in [4.69, 9.17) is 14.2 Å². The number of aliphatic hydroxyl groups excluding tert-OH is 1. The van der Waals surface area contributed by atoms with Crippen molar-refractivity contribution in [3.8, 4) is 5.75 Å². The molecule has 4 rings (SSSR count). The van der Waals surface area contributed by atoms with Crippen molar-refractivity contribution in [3.63, 3.8) is 0 Å². The third-order valence-electron chi connectivity index (χ3n) is 5.51. The zero-order valence-corrected chi connectivity index (χ0v) is 17.7. The second kappa shape index (κ2) is 9.32. The van der Waals surface area contributed by atoms with Crippen molar-refractivity contribution >= 4 is 12.0 Å².